The van der Waals surface area contributed by atoms with E-state index in [1.165, 1.54) is 16.0 Å². The molecule has 0 saturated carbocycles. The Kier molecular flexibility index (Phi) is 4.68. The van der Waals surface area contributed by atoms with Crippen LogP contribution in [0.15, 0.2) is 42.0 Å². The molecule has 28 heavy (non-hydrogen) atoms. The van der Waals surface area contributed by atoms with Crippen molar-refractivity contribution in [2.75, 3.05) is 20.1 Å². The van der Waals surface area contributed by atoms with E-state index in [0.29, 0.717) is 13.1 Å². The van der Waals surface area contributed by atoms with Crippen molar-refractivity contribution < 1.29 is 9.59 Å². The number of amides is 3. The first-order chi connectivity index (χ1) is 13.4. The molecule has 3 heterocycles. The highest BCUT2D eigenvalue weighted by molar-refractivity contribution is 6.01. The van der Waals surface area contributed by atoms with Crippen LogP contribution in [0.2, 0.25) is 0 Å². The SMILES string of the molecule is C=CCN1C(=O)C2C(NC3N(Cc4ccccc4C)N=C(C)CN23)N(C)C1=O. The smallest absolute Gasteiger partial charge is 0.310 e. The van der Waals surface area contributed by atoms with E-state index >= 15 is 0 Å². The average molecular weight is 382 g/mol. The number of benzene rings is 1. The largest absolute Gasteiger partial charge is 0.328 e. The molecule has 2 saturated heterocycles. The van der Waals surface area contributed by atoms with Gasteiger partial charge in [-0.05, 0) is 25.0 Å². The van der Waals surface area contributed by atoms with Gasteiger partial charge in [0.05, 0.1) is 6.54 Å². The van der Waals surface area contributed by atoms with E-state index in [-0.39, 0.29) is 30.9 Å². The van der Waals surface area contributed by atoms with Crippen LogP contribution in [0.3, 0.4) is 0 Å². The lowest BCUT2D eigenvalue weighted by Gasteiger charge is -2.42. The molecule has 8 heteroatoms. The number of nitrogens with one attached hydrogen (secondary N) is 1. The van der Waals surface area contributed by atoms with Gasteiger partial charge in [0.1, 0.15) is 12.2 Å². The fraction of sp³-hybridized carbons (Fsp3) is 0.450. The molecular formula is C20H26N6O2. The summed E-state index contributed by atoms with van der Waals surface area (Å²) >= 11 is 0. The summed E-state index contributed by atoms with van der Waals surface area (Å²) in [5.74, 6) is -0.187. The first-order valence-corrected chi connectivity index (χ1v) is 9.48. The molecule has 3 aliphatic rings. The van der Waals surface area contributed by atoms with E-state index in [2.05, 4.69) is 35.9 Å². The van der Waals surface area contributed by atoms with Gasteiger partial charge < -0.3 is 4.90 Å². The Morgan fingerprint density at radius 3 is 2.75 bits per heavy atom. The first-order valence-electron chi connectivity index (χ1n) is 9.48. The minimum atomic E-state index is -0.447. The van der Waals surface area contributed by atoms with Crippen LogP contribution >= 0.6 is 0 Å². The Morgan fingerprint density at radius 1 is 1.29 bits per heavy atom. The van der Waals surface area contributed by atoms with Crippen molar-refractivity contribution in [1.29, 1.82) is 0 Å². The summed E-state index contributed by atoms with van der Waals surface area (Å²) in [5.41, 5.74) is 3.32. The van der Waals surface area contributed by atoms with Crippen LogP contribution in [0.4, 0.5) is 4.79 Å². The minimum Gasteiger partial charge on any atom is -0.310 e. The highest BCUT2D eigenvalue weighted by atomic mass is 16.2. The van der Waals surface area contributed by atoms with Crippen LogP contribution in [-0.2, 0) is 11.3 Å². The number of hydrogen-bond donors (Lipinski definition) is 1. The standard InChI is InChI=1S/C20H26N6O2/c1-5-10-24-18(27)16-17(23(4)20(24)28)21-19-25(16)11-14(3)22-26(19)12-15-9-7-6-8-13(15)2/h5-9,16-17,19,21H,1,10-12H2,2-4H3. The number of carbonyl (C=O) groups is 2. The van der Waals surface area contributed by atoms with Crippen LogP contribution in [0.1, 0.15) is 18.1 Å². The molecule has 0 aliphatic carbocycles. The van der Waals surface area contributed by atoms with Crippen molar-refractivity contribution in [2.24, 2.45) is 5.10 Å². The van der Waals surface area contributed by atoms with E-state index in [0.717, 1.165) is 5.71 Å². The van der Waals surface area contributed by atoms with Crippen molar-refractivity contribution in [2.45, 2.75) is 38.9 Å². The zero-order valence-electron chi connectivity index (χ0n) is 16.5. The maximum Gasteiger partial charge on any atom is 0.328 e. The number of rotatable bonds is 4. The molecule has 4 rings (SSSR count). The van der Waals surface area contributed by atoms with E-state index in [1.807, 2.05) is 24.1 Å². The van der Waals surface area contributed by atoms with E-state index < -0.39 is 6.04 Å². The third-order valence-corrected chi connectivity index (χ3v) is 5.66. The second kappa shape index (κ2) is 7.03. The maximum atomic E-state index is 13.1. The van der Waals surface area contributed by atoms with Gasteiger partial charge in [-0.2, -0.15) is 5.10 Å². The lowest BCUT2D eigenvalue weighted by Crippen LogP contribution is -2.66. The van der Waals surface area contributed by atoms with Crippen LogP contribution < -0.4 is 5.32 Å². The second-order valence-corrected chi connectivity index (χ2v) is 7.59. The molecule has 8 nitrogen and oxygen atoms in total. The first kappa shape index (κ1) is 18.6. The summed E-state index contributed by atoms with van der Waals surface area (Å²) in [6, 6.07) is 7.46. The number of fused-ring (bicyclic) bond motifs is 3. The summed E-state index contributed by atoms with van der Waals surface area (Å²) < 4.78 is 0. The summed E-state index contributed by atoms with van der Waals surface area (Å²) in [6.07, 6.45) is 0.949. The zero-order valence-corrected chi connectivity index (χ0v) is 16.5. The Morgan fingerprint density at radius 2 is 2.04 bits per heavy atom. The number of nitrogens with zero attached hydrogens (tertiary/aromatic N) is 5. The fourth-order valence-corrected chi connectivity index (χ4v) is 4.23. The molecule has 3 amide bonds. The molecule has 148 valence electrons. The van der Waals surface area contributed by atoms with E-state index in [4.69, 9.17) is 5.10 Å². The van der Waals surface area contributed by atoms with Crippen molar-refractivity contribution in [3.63, 3.8) is 0 Å². The number of likely N-dealkylation sites (N-methyl/N-ethyl adjacent to an activating group) is 1. The van der Waals surface area contributed by atoms with Crippen LogP contribution in [-0.4, -0.2) is 76.0 Å². The van der Waals surface area contributed by atoms with Crippen LogP contribution in [0.25, 0.3) is 0 Å². The molecule has 1 N–H and O–H groups in total. The maximum absolute atomic E-state index is 13.1. The minimum absolute atomic E-state index is 0.187. The predicted octanol–water partition coefficient (Wildman–Crippen LogP) is 1.15. The number of carbonyl (C=O) groups excluding carboxylic acids is 2. The molecule has 0 aromatic heterocycles. The molecule has 3 aliphatic heterocycles. The molecule has 1 aromatic rings. The summed E-state index contributed by atoms with van der Waals surface area (Å²) in [4.78, 5) is 30.7. The number of hydrazone groups is 1. The zero-order chi connectivity index (χ0) is 20.0. The lowest BCUT2D eigenvalue weighted by molar-refractivity contribution is -0.138. The highest BCUT2D eigenvalue weighted by Gasteiger charge is 2.56. The topological polar surface area (TPSA) is 71.5 Å². The summed E-state index contributed by atoms with van der Waals surface area (Å²) in [7, 11) is 1.73. The van der Waals surface area contributed by atoms with E-state index in [9.17, 15) is 9.59 Å². The van der Waals surface area contributed by atoms with Crippen molar-refractivity contribution in [3.8, 4) is 0 Å². The third kappa shape index (κ3) is 2.89. The second-order valence-electron chi connectivity index (χ2n) is 7.59. The van der Waals surface area contributed by atoms with Gasteiger partial charge in [0.2, 0.25) is 0 Å². The molecule has 2 fully saturated rings. The lowest BCUT2D eigenvalue weighted by atomic mass is 10.1. The van der Waals surface area contributed by atoms with Crippen LogP contribution in [0.5, 0.6) is 0 Å². The van der Waals surface area contributed by atoms with Gasteiger partial charge >= 0.3 is 6.03 Å². The molecule has 0 spiro atoms. The molecule has 0 radical (unpaired) electrons. The number of aryl methyl sites for hydroxylation is 1. The summed E-state index contributed by atoms with van der Waals surface area (Å²) in [5, 5.41) is 10.2. The van der Waals surface area contributed by atoms with Gasteiger partial charge in [-0.1, -0.05) is 30.3 Å². The van der Waals surface area contributed by atoms with Gasteiger partial charge in [0.15, 0.2) is 6.29 Å². The quantitative estimate of drug-likeness (QED) is 0.791. The third-order valence-electron chi connectivity index (χ3n) is 5.66. The molecule has 3 atom stereocenters. The van der Waals surface area contributed by atoms with E-state index in [1.54, 1.807) is 18.0 Å². The molecule has 1 aromatic carbocycles. The summed E-state index contributed by atoms with van der Waals surface area (Å²) in [6.45, 7) is 9.14. The molecule has 3 unspecified atom stereocenters. The molecule has 0 bridgehead atoms. The van der Waals surface area contributed by atoms with Gasteiger partial charge in [0.25, 0.3) is 5.91 Å². The Balaban J connectivity index is 1.65. The number of imide groups is 1. The van der Waals surface area contributed by atoms with Gasteiger partial charge in [-0.25, -0.2) is 9.69 Å². The van der Waals surface area contributed by atoms with Gasteiger partial charge in [-0.3, -0.25) is 20.0 Å². The van der Waals surface area contributed by atoms with Crippen LogP contribution in [0, 0.1) is 6.92 Å². The fourth-order valence-electron chi connectivity index (χ4n) is 4.23. The van der Waals surface area contributed by atoms with Gasteiger partial charge in [0, 0.05) is 25.8 Å². The molecular weight excluding hydrogens is 356 g/mol. The monoisotopic (exact) mass is 382 g/mol. The Bertz CT molecular complexity index is 853. The van der Waals surface area contributed by atoms with Crippen molar-refractivity contribution >= 4 is 17.6 Å². The highest BCUT2D eigenvalue weighted by Crippen LogP contribution is 2.31. The van der Waals surface area contributed by atoms with Crippen molar-refractivity contribution in [3.05, 3.63) is 48.0 Å². The van der Waals surface area contributed by atoms with Crippen molar-refractivity contribution in [1.82, 2.24) is 25.0 Å². The number of urea groups is 1. The Hall–Kier alpha value is -2.71. The normalized spacial score (nSPS) is 27.6. The predicted molar refractivity (Wildman–Crippen MR) is 106 cm³/mol. The van der Waals surface area contributed by atoms with Gasteiger partial charge in [-0.15, -0.1) is 6.58 Å². The Labute approximate surface area is 165 Å². The average Bonchev–Trinajstić information content (AvgIpc) is 3.05. The number of hydrogen-bond acceptors (Lipinski definition) is 6.